The number of nitrogens with zero attached hydrogens (tertiary/aromatic N) is 2. The molecule has 0 spiro atoms. The molecule has 1 saturated heterocycles. The van der Waals surface area contributed by atoms with Crippen LogP contribution in [0.25, 0.3) is 11.1 Å². The molecule has 6 nitrogen and oxygen atoms in total. The minimum Gasteiger partial charge on any atom is -0.474 e. The Morgan fingerprint density at radius 1 is 1.18 bits per heavy atom. The molecule has 1 aromatic carbocycles. The van der Waals surface area contributed by atoms with Gasteiger partial charge in [-0.3, -0.25) is 10.2 Å². The molecule has 4 rings (SSSR count). The van der Waals surface area contributed by atoms with Gasteiger partial charge in [0.05, 0.1) is 11.7 Å². The molecular formula is C21H24ClN3O3. The molecule has 1 saturated carbocycles. The van der Waals surface area contributed by atoms with E-state index in [1.54, 1.807) is 6.20 Å². The number of aromatic nitrogens is 1. The monoisotopic (exact) mass is 401 g/mol. The van der Waals surface area contributed by atoms with Crippen molar-refractivity contribution in [1.82, 2.24) is 15.4 Å². The summed E-state index contributed by atoms with van der Waals surface area (Å²) in [7, 11) is 0. The molecule has 2 fully saturated rings. The molecule has 1 aromatic heterocycles. The minimum atomic E-state index is -0.283. The van der Waals surface area contributed by atoms with Gasteiger partial charge in [-0.1, -0.05) is 23.7 Å². The Balaban J connectivity index is 1.56. The third kappa shape index (κ3) is 4.46. The van der Waals surface area contributed by atoms with Crippen molar-refractivity contribution < 1.29 is 14.6 Å². The lowest BCUT2D eigenvalue weighted by molar-refractivity contribution is 0.0466. The van der Waals surface area contributed by atoms with Crippen LogP contribution < -0.4 is 10.2 Å². The van der Waals surface area contributed by atoms with Crippen LogP contribution in [-0.2, 0) is 0 Å². The summed E-state index contributed by atoms with van der Waals surface area (Å²) in [5, 5.41) is 12.1. The molecule has 0 atom stereocenters. The van der Waals surface area contributed by atoms with Crippen LogP contribution in [-0.4, -0.2) is 46.3 Å². The fourth-order valence-corrected chi connectivity index (χ4v) is 3.46. The third-order valence-corrected chi connectivity index (χ3v) is 5.58. The number of rotatable bonds is 5. The van der Waals surface area contributed by atoms with Crippen LogP contribution in [0.2, 0.25) is 5.02 Å². The van der Waals surface area contributed by atoms with E-state index in [4.69, 9.17) is 16.3 Å². The van der Waals surface area contributed by atoms with Crippen molar-refractivity contribution >= 4 is 17.5 Å². The second-order valence-corrected chi connectivity index (χ2v) is 7.85. The molecule has 28 heavy (non-hydrogen) atoms. The Kier molecular flexibility index (Phi) is 5.80. The first-order valence-corrected chi connectivity index (χ1v) is 10.1. The highest BCUT2D eigenvalue weighted by molar-refractivity contribution is 6.30. The molecule has 2 aromatic rings. The highest BCUT2D eigenvalue weighted by atomic mass is 35.5. The van der Waals surface area contributed by atoms with Gasteiger partial charge in [0.15, 0.2) is 0 Å². The highest BCUT2D eigenvalue weighted by Gasteiger charge is 2.23. The summed E-state index contributed by atoms with van der Waals surface area (Å²) in [6, 6.07) is 9.26. The molecule has 148 valence electrons. The van der Waals surface area contributed by atoms with E-state index in [0.717, 1.165) is 24.0 Å². The van der Waals surface area contributed by atoms with E-state index >= 15 is 0 Å². The number of carbonyl (C=O) groups is 1. The lowest BCUT2D eigenvalue weighted by Crippen LogP contribution is -2.47. The Bertz CT molecular complexity index is 831. The van der Waals surface area contributed by atoms with Gasteiger partial charge in [-0.2, -0.15) is 0 Å². The lowest BCUT2D eigenvalue weighted by Gasteiger charge is -2.29. The number of pyridine rings is 1. The topological polar surface area (TPSA) is 74.7 Å². The molecule has 0 bridgehead atoms. The summed E-state index contributed by atoms with van der Waals surface area (Å²) in [4.78, 5) is 17.2. The standard InChI is InChI=1S/C21H24ClN3O3/c22-16-6-4-14(5-7-16)19-12-15(13-23-21(19)28-18-2-1-3-18)20(27)24-25-10-8-17(26)9-11-25/h4-7,12-13,17-18,26H,1-3,8-11H2,(H,24,27). The average Bonchev–Trinajstić information content (AvgIpc) is 2.67. The Labute approximate surface area is 169 Å². The van der Waals surface area contributed by atoms with Crippen molar-refractivity contribution in [2.24, 2.45) is 0 Å². The normalized spacial score (nSPS) is 18.5. The number of carbonyl (C=O) groups excluding carboxylic acids is 1. The molecule has 2 heterocycles. The van der Waals surface area contributed by atoms with E-state index < -0.39 is 0 Å². The number of aliphatic hydroxyl groups is 1. The molecule has 1 aliphatic heterocycles. The number of benzene rings is 1. The Hall–Kier alpha value is -2.15. The molecule has 0 radical (unpaired) electrons. The summed E-state index contributed by atoms with van der Waals surface area (Å²) in [5.41, 5.74) is 5.06. The number of hydrazine groups is 1. The van der Waals surface area contributed by atoms with Crippen molar-refractivity contribution in [3.63, 3.8) is 0 Å². The van der Waals surface area contributed by atoms with Gasteiger partial charge in [-0.25, -0.2) is 9.99 Å². The maximum Gasteiger partial charge on any atom is 0.267 e. The number of aliphatic hydroxyl groups excluding tert-OH is 1. The number of piperidine rings is 1. The number of hydrogen-bond acceptors (Lipinski definition) is 5. The summed E-state index contributed by atoms with van der Waals surface area (Å²) >= 11 is 6.02. The molecule has 1 aliphatic carbocycles. The van der Waals surface area contributed by atoms with Gasteiger partial charge in [0, 0.05) is 29.9 Å². The SMILES string of the molecule is O=C(NN1CCC(O)CC1)c1cnc(OC2CCC2)c(-c2ccc(Cl)cc2)c1. The van der Waals surface area contributed by atoms with E-state index in [9.17, 15) is 9.90 Å². The second kappa shape index (κ2) is 8.47. The van der Waals surface area contributed by atoms with Gasteiger partial charge in [0.25, 0.3) is 5.91 Å². The number of halogens is 1. The van der Waals surface area contributed by atoms with E-state index in [2.05, 4.69) is 10.4 Å². The van der Waals surface area contributed by atoms with Crippen molar-refractivity contribution in [3.05, 3.63) is 47.1 Å². The van der Waals surface area contributed by atoms with Crippen molar-refractivity contribution in [2.45, 2.75) is 44.3 Å². The predicted molar refractivity (Wildman–Crippen MR) is 107 cm³/mol. The molecule has 2 N–H and O–H groups in total. The van der Waals surface area contributed by atoms with Crippen LogP contribution in [0.1, 0.15) is 42.5 Å². The highest BCUT2D eigenvalue weighted by Crippen LogP contribution is 2.33. The van der Waals surface area contributed by atoms with Crippen molar-refractivity contribution in [2.75, 3.05) is 13.1 Å². The van der Waals surface area contributed by atoms with Crippen LogP contribution in [0.15, 0.2) is 36.5 Å². The predicted octanol–water partition coefficient (Wildman–Crippen LogP) is 3.43. The smallest absolute Gasteiger partial charge is 0.267 e. The van der Waals surface area contributed by atoms with Crippen LogP contribution in [0, 0.1) is 0 Å². The van der Waals surface area contributed by atoms with Gasteiger partial charge in [0.1, 0.15) is 6.10 Å². The first kappa shape index (κ1) is 19.2. The van der Waals surface area contributed by atoms with Gasteiger partial charge >= 0.3 is 0 Å². The lowest BCUT2D eigenvalue weighted by atomic mass is 9.96. The molecule has 0 unspecified atom stereocenters. The third-order valence-electron chi connectivity index (χ3n) is 5.32. The van der Waals surface area contributed by atoms with E-state index in [1.165, 1.54) is 6.42 Å². The molecule has 2 aliphatic rings. The van der Waals surface area contributed by atoms with E-state index in [0.29, 0.717) is 42.4 Å². The molecule has 1 amide bonds. The van der Waals surface area contributed by atoms with Crippen LogP contribution in [0.5, 0.6) is 5.88 Å². The fourth-order valence-electron chi connectivity index (χ4n) is 3.34. The zero-order valence-corrected chi connectivity index (χ0v) is 16.4. The summed E-state index contributed by atoms with van der Waals surface area (Å²) in [5.74, 6) is 0.332. The maximum absolute atomic E-state index is 12.7. The first-order chi connectivity index (χ1) is 13.6. The summed E-state index contributed by atoms with van der Waals surface area (Å²) in [6.45, 7) is 1.26. The van der Waals surface area contributed by atoms with Gasteiger partial charge in [-0.05, 0) is 55.9 Å². The van der Waals surface area contributed by atoms with Crippen LogP contribution in [0.3, 0.4) is 0 Å². The fraction of sp³-hybridized carbons (Fsp3) is 0.429. The number of hydrogen-bond donors (Lipinski definition) is 2. The first-order valence-electron chi connectivity index (χ1n) is 9.75. The second-order valence-electron chi connectivity index (χ2n) is 7.41. The minimum absolute atomic E-state index is 0.193. The molecule has 7 heteroatoms. The maximum atomic E-state index is 12.7. The Morgan fingerprint density at radius 2 is 1.89 bits per heavy atom. The Morgan fingerprint density at radius 3 is 2.54 bits per heavy atom. The summed E-state index contributed by atoms with van der Waals surface area (Å²) < 4.78 is 6.05. The summed E-state index contributed by atoms with van der Waals surface area (Å²) in [6.07, 6.45) is 6.02. The van der Waals surface area contributed by atoms with Crippen molar-refractivity contribution in [3.8, 4) is 17.0 Å². The van der Waals surface area contributed by atoms with Gasteiger partial charge < -0.3 is 9.84 Å². The number of ether oxygens (including phenoxy) is 1. The largest absolute Gasteiger partial charge is 0.474 e. The molecular weight excluding hydrogens is 378 g/mol. The van der Waals surface area contributed by atoms with Gasteiger partial charge in [-0.15, -0.1) is 0 Å². The van der Waals surface area contributed by atoms with Crippen LogP contribution >= 0.6 is 11.6 Å². The number of nitrogens with one attached hydrogen (secondary N) is 1. The van der Waals surface area contributed by atoms with Crippen molar-refractivity contribution in [1.29, 1.82) is 0 Å². The van der Waals surface area contributed by atoms with Gasteiger partial charge in [0.2, 0.25) is 5.88 Å². The van der Waals surface area contributed by atoms with Crippen LogP contribution in [0.4, 0.5) is 0 Å². The van der Waals surface area contributed by atoms with E-state index in [1.807, 2.05) is 35.3 Å². The zero-order chi connectivity index (χ0) is 19.5. The average molecular weight is 402 g/mol. The zero-order valence-electron chi connectivity index (χ0n) is 15.6. The quantitative estimate of drug-likeness (QED) is 0.802. The van der Waals surface area contributed by atoms with E-state index in [-0.39, 0.29) is 18.1 Å². The number of amides is 1.